The number of likely N-dealkylation sites (N-methyl/N-ethyl adjacent to an activating group) is 1. The zero-order valence-corrected chi connectivity index (χ0v) is 16.4. The first-order valence-electron chi connectivity index (χ1n) is 8.70. The third-order valence-corrected chi connectivity index (χ3v) is 4.07. The SMILES string of the molecule is Cc1ccc(N2C(=O)N(CN(C)CC(=O)NC(C)(C)C)C(=O)[C@H]2C)cc1. The highest BCUT2D eigenvalue weighted by atomic mass is 16.2. The number of anilines is 1. The second-order valence-electron chi connectivity index (χ2n) is 7.88. The van der Waals surface area contributed by atoms with Crippen LogP contribution >= 0.6 is 0 Å². The van der Waals surface area contributed by atoms with Gasteiger partial charge in [-0.05, 0) is 53.8 Å². The topological polar surface area (TPSA) is 73.0 Å². The Balaban J connectivity index is 2.06. The maximum absolute atomic E-state index is 12.8. The van der Waals surface area contributed by atoms with E-state index in [0.717, 1.165) is 5.56 Å². The van der Waals surface area contributed by atoms with Gasteiger partial charge in [0.05, 0.1) is 13.2 Å². The zero-order chi connectivity index (χ0) is 19.6. The molecule has 1 N–H and O–H groups in total. The highest BCUT2D eigenvalue weighted by Gasteiger charge is 2.43. The maximum Gasteiger partial charge on any atom is 0.333 e. The Kier molecular flexibility index (Phi) is 5.71. The third kappa shape index (κ3) is 4.60. The van der Waals surface area contributed by atoms with Crippen LogP contribution in [0.5, 0.6) is 0 Å². The maximum atomic E-state index is 12.8. The summed E-state index contributed by atoms with van der Waals surface area (Å²) in [4.78, 5) is 41.7. The van der Waals surface area contributed by atoms with Gasteiger partial charge in [0.2, 0.25) is 5.91 Å². The van der Waals surface area contributed by atoms with Gasteiger partial charge < -0.3 is 5.32 Å². The summed E-state index contributed by atoms with van der Waals surface area (Å²) in [5.74, 6) is -0.416. The van der Waals surface area contributed by atoms with Crippen molar-refractivity contribution < 1.29 is 14.4 Å². The molecule has 1 saturated heterocycles. The van der Waals surface area contributed by atoms with Crippen LogP contribution in [0.4, 0.5) is 10.5 Å². The van der Waals surface area contributed by atoms with Crippen molar-refractivity contribution >= 4 is 23.5 Å². The fourth-order valence-electron chi connectivity index (χ4n) is 2.89. The van der Waals surface area contributed by atoms with Gasteiger partial charge in [0.15, 0.2) is 0 Å². The Hall–Kier alpha value is -2.41. The average molecular weight is 360 g/mol. The normalized spacial score (nSPS) is 18.0. The van der Waals surface area contributed by atoms with Crippen LogP contribution in [0.15, 0.2) is 24.3 Å². The number of hydrogen-bond donors (Lipinski definition) is 1. The molecule has 1 fully saturated rings. The molecule has 1 aliphatic heterocycles. The summed E-state index contributed by atoms with van der Waals surface area (Å²) in [5.41, 5.74) is 1.45. The van der Waals surface area contributed by atoms with Crippen LogP contribution in [-0.2, 0) is 9.59 Å². The number of carbonyl (C=O) groups excluding carboxylic acids is 3. The van der Waals surface area contributed by atoms with E-state index in [2.05, 4.69) is 5.32 Å². The summed E-state index contributed by atoms with van der Waals surface area (Å²) in [6.07, 6.45) is 0. The highest BCUT2D eigenvalue weighted by molar-refractivity contribution is 6.14. The number of imide groups is 1. The third-order valence-electron chi connectivity index (χ3n) is 4.07. The zero-order valence-electron chi connectivity index (χ0n) is 16.4. The lowest BCUT2D eigenvalue weighted by molar-refractivity contribution is -0.130. The van der Waals surface area contributed by atoms with Gasteiger partial charge in [-0.25, -0.2) is 9.69 Å². The van der Waals surface area contributed by atoms with Crippen molar-refractivity contribution in [3.8, 4) is 0 Å². The second kappa shape index (κ2) is 7.45. The van der Waals surface area contributed by atoms with Crippen LogP contribution in [0.1, 0.15) is 33.3 Å². The molecule has 0 aliphatic carbocycles. The molecule has 1 aliphatic rings. The monoisotopic (exact) mass is 360 g/mol. The molecule has 26 heavy (non-hydrogen) atoms. The Bertz CT molecular complexity index is 694. The van der Waals surface area contributed by atoms with E-state index in [9.17, 15) is 14.4 Å². The van der Waals surface area contributed by atoms with Crippen molar-refractivity contribution in [2.45, 2.75) is 46.2 Å². The molecule has 0 radical (unpaired) electrons. The second-order valence-corrected chi connectivity index (χ2v) is 7.88. The van der Waals surface area contributed by atoms with Crippen LogP contribution < -0.4 is 10.2 Å². The number of carbonyl (C=O) groups is 3. The van der Waals surface area contributed by atoms with Crippen molar-refractivity contribution in [3.05, 3.63) is 29.8 Å². The highest BCUT2D eigenvalue weighted by Crippen LogP contribution is 2.26. The van der Waals surface area contributed by atoms with Crippen LogP contribution in [0.25, 0.3) is 0 Å². The smallest absolute Gasteiger partial charge is 0.333 e. The predicted octanol–water partition coefficient (Wildman–Crippen LogP) is 1.96. The van der Waals surface area contributed by atoms with Gasteiger partial charge in [0, 0.05) is 11.2 Å². The largest absolute Gasteiger partial charge is 0.350 e. The number of hydrogen-bond acceptors (Lipinski definition) is 4. The molecule has 1 atom stereocenters. The first kappa shape index (κ1) is 19.9. The van der Waals surface area contributed by atoms with Crippen LogP contribution in [0.3, 0.4) is 0 Å². The molecule has 7 heteroatoms. The molecule has 0 unspecified atom stereocenters. The number of benzene rings is 1. The Morgan fingerprint density at radius 2 is 1.77 bits per heavy atom. The summed E-state index contributed by atoms with van der Waals surface area (Å²) in [6.45, 7) is 9.56. The van der Waals surface area contributed by atoms with Gasteiger partial charge in [-0.3, -0.25) is 19.4 Å². The minimum atomic E-state index is -0.568. The van der Waals surface area contributed by atoms with E-state index in [4.69, 9.17) is 0 Å². The van der Waals surface area contributed by atoms with Gasteiger partial charge in [-0.2, -0.15) is 0 Å². The lowest BCUT2D eigenvalue weighted by atomic mass is 10.1. The summed E-state index contributed by atoms with van der Waals surface area (Å²) in [7, 11) is 1.71. The minimum Gasteiger partial charge on any atom is -0.350 e. The van der Waals surface area contributed by atoms with Crippen molar-refractivity contribution in [2.75, 3.05) is 25.2 Å². The van der Waals surface area contributed by atoms with Crippen molar-refractivity contribution in [1.82, 2.24) is 15.1 Å². The fraction of sp³-hybridized carbons (Fsp3) is 0.526. The lowest BCUT2D eigenvalue weighted by Gasteiger charge is -2.25. The molecule has 0 bridgehead atoms. The van der Waals surface area contributed by atoms with Crippen molar-refractivity contribution in [1.29, 1.82) is 0 Å². The Labute approximate surface area is 154 Å². The Morgan fingerprint density at radius 1 is 1.19 bits per heavy atom. The van der Waals surface area contributed by atoms with Crippen molar-refractivity contribution in [3.63, 3.8) is 0 Å². The summed E-state index contributed by atoms with van der Waals surface area (Å²) < 4.78 is 0. The quantitative estimate of drug-likeness (QED) is 0.815. The molecular formula is C19H28N4O3. The van der Waals surface area contributed by atoms with Gasteiger partial charge in [-0.15, -0.1) is 0 Å². The predicted molar refractivity (Wildman–Crippen MR) is 101 cm³/mol. The van der Waals surface area contributed by atoms with E-state index < -0.39 is 6.04 Å². The van der Waals surface area contributed by atoms with E-state index in [0.29, 0.717) is 5.69 Å². The standard InChI is InChI=1S/C19H28N4O3/c1-13-7-9-15(10-8-13)23-14(2)17(25)22(18(23)26)12-21(6)11-16(24)20-19(3,4)5/h7-10,14H,11-12H2,1-6H3,(H,20,24)/t14-/m1/s1. The molecule has 7 nitrogen and oxygen atoms in total. The Morgan fingerprint density at radius 3 is 2.31 bits per heavy atom. The molecule has 1 aromatic rings. The van der Waals surface area contributed by atoms with Crippen LogP contribution in [0.2, 0.25) is 0 Å². The lowest BCUT2D eigenvalue weighted by Crippen LogP contribution is -2.48. The molecule has 1 aromatic carbocycles. The molecule has 1 heterocycles. The van der Waals surface area contributed by atoms with Gasteiger partial charge in [-0.1, -0.05) is 17.7 Å². The summed E-state index contributed by atoms with van der Waals surface area (Å²) >= 11 is 0. The summed E-state index contributed by atoms with van der Waals surface area (Å²) in [5, 5.41) is 2.87. The number of rotatable bonds is 5. The molecule has 2 rings (SSSR count). The summed E-state index contributed by atoms with van der Waals surface area (Å²) in [6, 6.07) is 6.55. The number of urea groups is 1. The van der Waals surface area contributed by atoms with E-state index in [1.54, 1.807) is 18.9 Å². The first-order valence-corrected chi connectivity index (χ1v) is 8.70. The molecule has 0 aromatic heterocycles. The number of nitrogens with one attached hydrogen (secondary N) is 1. The fourth-order valence-corrected chi connectivity index (χ4v) is 2.89. The van der Waals surface area contributed by atoms with Gasteiger partial charge in [0.1, 0.15) is 6.04 Å². The molecule has 142 valence electrons. The molecule has 0 saturated carbocycles. The van der Waals surface area contributed by atoms with Gasteiger partial charge in [0.25, 0.3) is 5.91 Å². The van der Waals surface area contributed by atoms with E-state index in [1.807, 2.05) is 52.0 Å². The molecule has 4 amide bonds. The van der Waals surface area contributed by atoms with Gasteiger partial charge >= 0.3 is 6.03 Å². The van der Waals surface area contributed by atoms with Crippen LogP contribution in [0, 0.1) is 6.92 Å². The number of amides is 4. The number of aryl methyl sites for hydroxylation is 1. The van der Waals surface area contributed by atoms with Crippen LogP contribution in [-0.4, -0.2) is 59.5 Å². The van der Waals surface area contributed by atoms with E-state index >= 15 is 0 Å². The van der Waals surface area contributed by atoms with Crippen molar-refractivity contribution in [2.24, 2.45) is 0 Å². The van der Waals surface area contributed by atoms with E-state index in [1.165, 1.54) is 9.80 Å². The average Bonchev–Trinajstić information content (AvgIpc) is 2.70. The first-order chi connectivity index (χ1) is 12.0. The van der Waals surface area contributed by atoms with E-state index in [-0.39, 0.29) is 36.6 Å². The number of nitrogens with zero attached hydrogens (tertiary/aromatic N) is 3. The minimum absolute atomic E-state index is 0.0714. The molecular weight excluding hydrogens is 332 g/mol. The molecule has 0 spiro atoms.